The molecule has 1 N–H and O–H groups in total. The second-order valence-electron chi connectivity index (χ2n) is 8.08. The highest BCUT2D eigenvalue weighted by Gasteiger charge is 2.47. The number of amides is 1. The van der Waals surface area contributed by atoms with E-state index in [1.54, 1.807) is 62.0 Å². The molecule has 1 amide bonds. The predicted molar refractivity (Wildman–Crippen MR) is 129 cm³/mol. The first-order valence-electron chi connectivity index (χ1n) is 10.9. The summed E-state index contributed by atoms with van der Waals surface area (Å²) in [5.41, 5.74) is 2.39. The molecule has 8 heteroatoms. The van der Waals surface area contributed by atoms with Crippen LogP contribution >= 0.6 is 0 Å². The first-order valence-corrected chi connectivity index (χ1v) is 10.9. The number of rotatable bonds is 7. The summed E-state index contributed by atoms with van der Waals surface area (Å²) >= 11 is 0. The number of pyridine rings is 1. The zero-order chi connectivity index (χ0) is 25.1. The molecule has 2 aromatic carbocycles. The Hall–Kier alpha value is -4.33. The number of likely N-dealkylation sites (tertiary alicyclic amines) is 1. The van der Waals surface area contributed by atoms with Crippen LogP contribution in [0.15, 0.2) is 66.5 Å². The van der Waals surface area contributed by atoms with Crippen LogP contribution in [0.2, 0.25) is 0 Å². The number of carbonyl (C=O) groups excluding carboxylic acids is 2. The molecule has 0 unspecified atom stereocenters. The molecule has 0 aliphatic carbocycles. The highest BCUT2D eigenvalue weighted by atomic mass is 16.5. The number of hydrogen-bond acceptors (Lipinski definition) is 7. The quantitative estimate of drug-likeness (QED) is 0.314. The Morgan fingerprint density at radius 3 is 2.37 bits per heavy atom. The summed E-state index contributed by atoms with van der Waals surface area (Å²) in [4.78, 5) is 32.2. The number of nitrogens with zero attached hydrogens (tertiary/aromatic N) is 2. The van der Waals surface area contributed by atoms with Crippen LogP contribution in [0.1, 0.15) is 28.3 Å². The van der Waals surface area contributed by atoms with Crippen molar-refractivity contribution in [3.05, 3.63) is 88.8 Å². The van der Waals surface area contributed by atoms with Crippen molar-refractivity contribution >= 4 is 17.4 Å². The summed E-state index contributed by atoms with van der Waals surface area (Å²) in [6.45, 7) is 1.95. The second-order valence-corrected chi connectivity index (χ2v) is 8.08. The Bertz CT molecular complexity index is 1300. The van der Waals surface area contributed by atoms with Gasteiger partial charge in [-0.15, -0.1) is 0 Å². The van der Waals surface area contributed by atoms with Crippen LogP contribution in [0.4, 0.5) is 0 Å². The molecule has 1 fully saturated rings. The Morgan fingerprint density at radius 2 is 1.74 bits per heavy atom. The maximum atomic E-state index is 13.3. The minimum Gasteiger partial charge on any atom is -0.507 e. The molecule has 0 spiro atoms. The summed E-state index contributed by atoms with van der Waals surface area (Å²) in [5, 5.41) is 11.4. The predicted octanol–water partition coefficient (Wildman–Crippen LogP) is 4.04. The fourth-order valence-electron chi connectivity index (χ4n) is 4.29. The fourth-order valence-corrected chi connectivity index (χ4v) is 4.29. The van der Waals surface area contributed by atoms with Crippen LogP contribution in [-0.2, 0) is 16.1 Å². The van der Waals surface area contributed by atoms with Crippen LogP contribution in [0.25, 0.3) is 5.76 Å². The van der Waals surface area contributed by atoms with Gasteiger partial charge in [-0.1, -0.05) is 6.07 Å². The average Bonchev–Trinajstić information content (AvgIpc) is 3.13. The van der Waals surface area contributed by atoms with E-state index in [-0.39, 0.29) is 17.9 Å². The van der Waals surface area contributed by atoms with Crippen molar-refractivity contribution in [1.82, 2.24) is 9.88 Å². The molecule has 1 aliphatic rings. The molecule has 1 aromatic heterocycles. The molecular formula is C27H26N2O6. The van der Waals surface area contributed by atoms with E-state index in [0.717, 1.165) is 11.1 Å². The van der Waals surface area contributed by atoms with E-state index in [0.29, 0.717) is 28.4 Å². The zero-order valence-electron chi connectivity index (χ0n) is 19.9. The number of aliphatic hydroxyl groups is 1. The van der Waals surface area contributed by atoms with E-state index in [1.165, 1.54) is 19.1 Å². The van der Waals surface area contributed by atoms with Crippen LogP contribution < -0.4 is 14.2 Å². The SMILES string of the molecule is COc1ccc(OC)c([C@H]2/C(=C(\O)c3ccc(OC)c(C)c3)C(=O)C(=O)N2Cc2cccnc2)c1. The molecular weight excluding hydrogens is 448 g/mol. The molecule has 0 saturated carbocycles. The maximum Gasteiger partial charge on any atom is 0.295 e. The highest BCUT2D eigenvalue weighted by Crippen LogP contribution is 2.44. The van der Waals surface area contributed by atoms with Gasteiger partial charge in [0.15, 0.2) is 0 Å². The van der Waals surface area contributed by atoms with Gasteiger partial charge in [-0.2, -0.15) is 0 Å². The lowest BCUT2D eigenvalue weighted by molar-refractivity contribution is -0.140. The zero-order valence-corrected chi connectivity index (χ0v) is 19.9. The normalized spacial score (nSPS) is 16.9. The molecule has 3 aromatic rings. The van der Waals surface area contributed by atoms with Gasteiger partial charge in [0.1, 0.15) is 23.0 Å². The molecule has 180 valence electrons. The van der Waals surface area contributed by atoms with Gasteiger partial charge in [0, 0.05) is 30.1 Å². The topological polar surface area (TPSA) is 98.2 Å². The van der Waals surface area contributed by atoms with Crippen LogP contribution in [-0.4, -0.2) is 48.0 Å². The molecule has 4 rings (SSSR count). The smallest absolute Gasteiger partial charge is 0.295 e. The number of Topliss-reactive ketones (excluding diaryl/α,β-unsaturated/α-hetero) is 1. The molecule has 0 radical (unpaired) electrons. The minimum atomic E-state index is -0.914. The van der Waals surface area contributed by atoms with E-state index < -0.39 is 17.7 Å². The number of aryl methyl sites for hydroxylation is 1. The lowest BCUT2D eigenvalue weighted by Gasteiger charge is -2.27. The molecule has 8 nitrogen and oxygen atoms in total. The monoisotopic (exact) mass is 474 g/mol. The van der Waals surface area contributed by atoms with Crippen LogP contribution in [0.3, 0.4) is 0 Å². The summed E-state index contributed by atoms with van der Waals surface area (Å²) in [6, 6.07) is 12.9. The van der Waals surface area contributed by atoms with Crippen LogP contribution in [0, 0.1) is 6.92 Å². The minimum absolute atomic E-state index is 0.0324. The largest absolute Gasteiger partial charge is 0.507 e. The fraction of sp³-hybridized carbons (Fsp3) is 0.222. The van der Waals surface area contributed by atoms with Crippen molar-refractivity contribution in [2.45, 2.75) is 19.5 Å². The van der Waals surface area contributed by atoms with Crippen LogP contribution in [0.5, 0.6) is 17.2 Å². The average molecular weight is 475 g/mol. The van der Waals surface area contributed by atoms with Gasteiger partial charge < -0.3 is 24.2 Å². The summed E-state index contributed by atoms with van der Waals surface area (Å²) in [7, 11) is 4.59. The van der Waals surface area contributed by atoms with Gasteiger partial charge in [-0.3, -0.25) is 14.6 Å². The summed E-state index contributed by atoms with van der Waals surface area (Å²) in [6.07, 6.45) is 3.26. The summed E-state index contributed by atoms with van der Waals surface area (Å²) < 4.78 is 16.3. The van der Waals surface area contributed by atoms with Gasteiger partial charge in [0.25, 0.3) is 11.7 Å². The van der Waals surface area contributed by atoms with Crippen molar-refractivity contribution < 1.29 is 28.9 Å². The van der Waals surface area contributed by atoms with E-state index in [4.69, 9.17) is 14.2 Å². The van der Waals surface area contributed by atoms with Gasteiger partial charge >= 0.3 is 0 Å². The van der Waals surface area contributed by atoms with Crippen molar-refractivity contribution in [1.29, 1.82) is 0 Å². The third-order valence-corrected chi connectivity index (χ3v) is 6.02. The van der Waals surface area contributed by atoms with Crippen molar-refractivity contribution in [2.24, 2.45) is 0 Å². The Morgan fingerprint density at radius 1 is 1.00 bits per heavy atom. The summed E-state index contributed by atoms with van der Waals surface area (Å²) in [5.74, 6) is -0.175. The van der Waals surface area contributed by atoms with E-state index >= 15 is 0 Å². The lowest BCUT2D eigenvalue weighted by Crippen LogP contribution is -2.29. The van der Waals surface area contributed by atoms with E-state index in [1.807, 2.05) is 13.0 Å². The molecule has 1 aliphatic heterocycles. The third-order valence-electron chi connectivity index (χ3n) is 6.02. The number of hydrogen-bond donors (Lipinski definition) is 1. The lowest BCUT2D eigenvalue weighted by atomic mass is 9.93. The number of aliphatic hydroxyl groups excluding tert-OH is 1. The number of methoxy groups -OCH3 is 3. The number of benzene rings is 2. The maximum absolute atomic E-state index is 13.3. The standard InChI is InChI=1S/C27H26N2O6/c1-16-12-18(7-9-21(16)34-3)25(30)23-24(20-13-19(33-2)8-10-22(20)35-4)29(27(32)26(23)31)15-17-6-5-11-28-14-17/h5-14,24,30H,15H2,1-4H3/b25-23+/t24-/m0/s1. The molecule has 1 atom stereocenters. The number of ether oxygens (including phenoxy) is 3. The number of carbonyl (C=O) groups is 2. The van der Waals surface area contributed by atoms with Crippen molar-refractivity contribution in [3.8, 4) is 17.2 Å². The van der Waals surface area contributed by atoms with Gasteiger partial charge in [-0.05, 0) is 60.5 Å². The second kappa shape index (κ2) is 9.89. The van der Waals surface area contributed by atoms with Gasteiger partial charge in [0.2, 0.25) is 0 Å². The first-order chi connectivity index (χ1) is 16.9. The van der Waals surface area contributed by atoms with Crippen molar-refractivity contribution in [2.75, 3.05) is 21.3 Å². The highest BCUT2D eigenvalue weighted by molar-refractivity contribution is 6.46. The van der Waals surface area contributed by atoms with Gasteiger partial charge in [0.05, 0.1) is 32.9 Å². The molecule has 2 heterocycles. The molecule has 1 saturated heterocycles. The molecule has 0 bridgehead atoms. The first kappa shape index (κ1) is 23.8. The van der Waals surface area contributed by atoms with E-state index in [9.17, 15) is 14.7 Å². The Kier molecular flexibility index (Phi) is 6.73. The Labute approximate surface area is 203 Å². The van der Waals surface area contributed by atoms with E-state index in [2.05, 4.69) is 4.98 Å². The van der Waals surface area contributed by atoms with Gasteiger partial charge in [-0.25, -0.2) is 0 Å². The number of aromatic nitrogens is 1. The Balaban J connectivity index is 1.94. The third kappa shape index (κ3) is 4.42. The number of ketones is 1. The van der Waals surface area contributed by atoms with Crippen molar-refractivity contribution in [3.63, 3.8) is 0 Å². The molecule has 35 heavy (non-hydrogen) atoms.